The van der Waals surface area contributed by atoms with Crippen LogP contribution in [0, 0.1) is 6.92 Å². The van der Waals surface area contributed by atoms with E-state index in [2.05, 4.69) is 15.4 Å². The van der Waals surface area contributed by atoms with Gasteiger partial charge in [-0.1, -0.05) is 30.6 Å². The van der Waals surface area contributed by atoms with Gasteiger partial charge in [-0.25, -0.2) is 4.79 Å². The number of nitrogens with zero attached hydrogens (tertiary/aromatic N) is 3. The molecule has 1 aromatic carbocycles. The Hall–Kier alpha value is -2.67. The lowest BCUT2D eigenvalue weighted by atomic mass is 10.1. The number of ether oxygens (including phenoxy) is 1. The van der Waals surface area contributed by atoms with Crippen LogP contribution in [-0.2, 0) is 11.3 Å². The van der Waals surface area contributed by atoms with E-state index in [0.29, 0.717) is 27.9 Å². The minimum Gasteiger partial charge on any atom is -0.452 e. The molecule has 0 N–H and O–H groups in total. The second-order valence-corrected chi connectivity index (χ2v) is 6.18. The molecule has 3 rings (SSSR count). The molecule has 3 aromatic rings. The predicted molar refractivity (Wildman–Crippen MR) is 89.2 cm³/mol. The standard InChI is InChI=1S/C17H16ClN3O4/c1-9(2)15-14(10(3)21-25-15)17(22)23-8-13-19-20-16(24-13)11-4-6-12(18)7-5-11/h4-7,9H,8H2,1-3H3. The van der Waals surface area contributed by atoms with Crippen molar-refractivity contribution in [3.05, 3.63) is 52.2 Å². The molecule has 130 valence electrons. The molecule has 2 heterocycles. The highest BCUT2D eigenvalue weighted by atomic mass is 35.5. The quantitative estimate of drug-likeness (QED) is 0.630. The fourth-order valence-electron chi connectivity index (χ4n) is 2.25. The van der Waals surface area contributed by atoms with Crippen LogP contribution in [0.5, 0.6) is 0 Å². The fourth-order valence-corrected chi connectivity index (χ4v) is 2.38. The Balaban J connectivity index is 1.69. The van der Waals surface area contributed by atoms with Gasteiger partial charge in [0.1, 0.15) is 5.56 Å². The summed E-state index contributed by atoms with van der Waals surface area (Å²) in [4.78, 5) is 12.3. The molecule has 0 bridgehead atoms. The maximum absolute atomic E-state index is 12.3. The van der Waals surface area contributed by atoms with Crippen LogP contribution < -0.4 is 0 Å². The van der Waals surface area contributed by atoms with Gasteiger partial charge in [0.15, 0.2) is 12.4 Å². The van der Waals surface area contributed by atoms with Gasteiger partial charge in [-0.15, -0.1) is 10.2 Å². The summed E-state index contributed by atoms with van der Waals surface area (Å²) in [7, 11) is 0. The molecule has 0 unspecified atom stereocenters. The number of aromatic nitrogens is 3. The number of carbonyl (C=O) groups excluding carboxylic acids is 1. The first-order valence-electron chi connectivity index (χ1n) is 7.67. The Morgan fingerprint density at radius 2 is 1.96 bits per heavy atom. The summed E-state index contributed by atoms with van der Waals surface area (Å²) in [6, 6.07) is 6.98. The molecule has 8 heteroatoms. The lowest BCUT2D eigenvalue weighted by molar-refractivity contribution is 0.0434. The van der Waals surface area contributed by atoms with Gasteiger partial charge in [-0.2, -0.15) is 0 Å². The maximum Gasteiger partial charge on any atom is 0.344 e. The molecule has 2 aromatic heterocycles. The zero-order valence-electron chi connectivity index (χ0n) is 13.9. The molecule has 0 fully saturated rings. The van der Waals surface area contributed by atoms with Gasteiger partial charge in [0.05, 0.1) is 5.69 Å². The number of hydrogen-bond acceptors (Lipinski definition) is 7. The van der Waals surface area contributed by atoms with Crippen molar-refractivity contribution in [2.75, 3.05) is 0 Å². The van der Waals surface area contributed by atoms with Crippen molar-refractivity contribution >= 4 is 17.6 Å². The molecule has 0 aliphatic rings. The second-order valence-electron chi connectivity index (χ2n) is 5.75. The Morgan fingerprint density at radius 3 is 2.64 bits per heavy atom. The first-order valence-corrected chi connectivity index (χ1v) is 8.05. The number of aryl methyl sites for hydroxylation is 1. The van der Waals surface area contributed by atoms with Crippen molar-refractivity contribution in [3.63, 3.8) is 0 Å². The Morgan fingerprint density at radius 1 is 1.24 bits per heavy atom. The summed E-state index contributed by atoms with van der Waals surface area (Å²) in [5, 5.41) is 12.3. The van der Waals surface area contributed by atoms with Gasteiger partial charge in [0.2, 0.25) is 5.89 Å². The Bertz CT molecular complexity index is 884. The van der Waals surface area contributed by atoms with Crippen LogP contribution in [0.25, 0.3) is 11.5 Å². The molecule has 0 atom stereocenters. The Labute approximate surface area is 148 Å². The average molecular weight is 362 g/mol. The number of esters is 1. The van der Waals surface area contributed by atoms with Crippen molar-refractivity contribution in [1.82, 2.24) is 15.4 Å². The predicted octanol–water partition coefficient (Wildman–Crippen LogP) is 4.17. The first-order chi connectivity index (χ1) is 12.0. The highest BCUT2D eigenvalue weighted by Crippen LogP contribution is 2.24. The molecule has 25 heavy (non-hydrogen) atoms. The lowest BCUT2D eigenvalue weighted by Gasteiger charge is -2.04. The van der Waals surface area contributed by atoms with Crippen LogP contribution in [0.3, 0.4) is 0 Å². The van der Waals surface area contributed by atoms with E-state index in [-0.39, 0.29) is 18.4 Å². The molecule has 0 saturated heterocycles. The van der Waals surface area contributed by atoms with Crippen LogP contribution in [0.2, 0.25) is 5.02 Å². The molecule has 0 aliphatic carbocycles. The number of halogens is 1. The smallest absolute Gasteiger partial charge is 0.344 e. The summed E-state index contributed by atoms with van der Waals surface area (Å²) in [6.45, 7) is 5.37. The third kappa shape index (κ3) is 3.71. The first kappa shape index (κ1) is 17.2. The molecule has 0 amide bonds. The number of hydrogen-bond donors (Lipinski definition) is 0. The highest BCUT2D eigenvalue weighted by molar-refractivity contribution is 6.30. The van der Waals surface area contributed by atoms with Crippen molar-refractivity contribution in [2.24, 2.45) is 0 Å². The summed E-state index contributed by atoms with van der Waals surface area (Å²) in [5.74, 6) is 0.498. The second kappa shape index (κ2) is 7.06. The van der Waals surface area contributed by atoms with Crippen LogP contribution in [0.1, 0.15) is 47.5 Å². The van der Waals surface area contributed by atoms with E-state index < -0.39 is 5.97 Å². The third-order valence-corrected chi connectivity index (χ3v) is 3.75. The normalized spacial score (nSPS) is 11.1. The highest BCUT2D eigenvalue weighted by Gasteiger charge is 2.24. The molecular weight excluding hydrogens is 346 g/mol. The van der Waals surface area contributed by atoms with Crippen LogP contribution in [0.4, 0.5) is 0 Å². The van der Waals surface area contributed by atoms with Gasteiger partial charge in [-0.3, -0.25) is 0 Å². The molecule has 0 radical (unpaired) electrons. The largest absolute Gasteiger partial charge is 0.452 e. The van der Waals surface area contributed by atoms with E-state index >= 15 is 0 Å². The molecular formula is C17H16ClN3O4. The Kier molecular flexibility index (Phi) is 4.85. The number of carbonyl (C=O) groups is 1. The van der Waals surface area contributed by atoms with Gasteiger partial charge in [-0.05, 0) is 31.2 Å². The number of benzene rings is 1. The van der Waals surface area contributed by atoms with Crippen molar-refractivity contribution in [2.45, 2.75) is 33.3 Å². The summed E-state index contributed by atoms with van der Waals surface area (Å²) in [5.41, 5.74) is 1.56. The van der Waals surface area contributed by atoms with E-state index in [1.807, 2.05) is 13.8 Å². The van der Waals surface area contributed by atoms with Gasteiger partial charge in [0, 0.05) is 16.5 Å². The van der Waals surface area contributed by atoms with Crippen molar-refractivity contribution in [3.8, 4) is 11.5 Å². The SMILES string of the molecule is Cc1noc(C(C)C)c1C(=O)OCc1nnc(-c2ccc(Cl)cc2)o1. The fraction of sp³-hybridized carbons (Fsp3) is 0.294. The van der Waals surface area contributed by atoms with Crippen LogP contribution >= 0.6 is 11.6 Å². The van der Waals surface area contributed by atoms with E-state index in [9.17, 15) is 4.79 Å². The molecule has 0 spiro atoms. The zero-order chi connectivity index (χ0) is 18.0. The minimum absolute atomic E-state index is 0.0173. The monoisotopic (exact) mass is 361 g/mol. The topological polar surface area (TPSA) is 91.2 Å². The average Bonchev–Trinajstić information content (AvgIpc) is 3.20. The number of rotatable bonds is 5. The lowest BCUT2D eigenvalue weighted by Crippen LogP contribution is -2.09. The van der Waals surface area contributed by atoms with E-state index in [1.54, 1.807) is 31.2 Å². The van der Waals surface area contributed by atoms with Gasteiger partial charge in [0.25, 0.3) is 5.89 Å². The van der Waals surface area contributed by atoms with E-state index in [1.165, 1.54) is 0 Å². The maximum atomic E-state index is 12.3. The van der Waals surface area contributed by atoms with Crippen molar-refractivity contribution in [1.29, 1.82) is 0 Å². The zero-order valence-corrected chi connectivity index (χ0v) is 14.7. The molecule has 0 saturated carbocycles. The van der Waals surface area contributed by atoms with Crippen molar-refractivity contribution < 1.29 is 18.5 Å². The van der Waals surface area contributed by atoms with E-state index in [0.717, 1.165) is 5.56 Å². The van der Waals surface area contributed by atoms with Crippen LogP contribution in [-0.4, -0.2) is 21.3 Å². The van der Waals surface area contributed by atoms with Crippen LogP contribution in [0.15, 0.2) is 33.2 Å². The van der Waals surface area contributed by atoms with Gasteiger partial charge < -0.3 is 13.7 Å². The third-order valence-electron chi connectivity index (χ3n) is 3.50. The summed E-state index contributed by atoms with van der Waals surface area (Å²) < 4.78 is 15.9. The van der Waals surface area contributed by atoms with E-state index in [4.69, 9.17) is 25.3 Å². The molecule has 7 nitrogen and oxygen atoms in total. The minimum atomic E-state index is -0.534. The van der Waals surface area contributed by atoms with Gasteiger partial charge >= 0.3 is 5.97 Å². The summed E-state index contributed by atoms with van der Waals surface area (Å²) in [6.07, 6.45) is 0. The molecule has 0 aliphatic heterocycles. The summed E-state index contributed by atoms with van der Waals surface area (Å²) >= 11 is 5.85.